The number of benzene rings is 2. The summed E-state index contributed by atoms with van der Waals surface area (Å²) in [5.41, 5.74) is -0.777. The fourth-order valence-electron chi connectivity index (χ4n) is 2.85. The molecule has 3 nitrogen and oxygen atoms in total. The molecule has 0 aliphatic heterocycles. The van der Waals surface area contributed by atoms with E-state index in [-0.39, 0.29) is 5.41 Å². The van der Waals surface area contributed by atoms with Gasteiger partial charge in [-0.25, -0.2) is 0 Å². The van der Waals surface area contributed by atoms with E-state index in [1.807, 2.05) is 81.4 Å². The van der Waals surface area contributed by atoms with Crippen LogP contribution in [0.3, 0.4) is 0 Å². The lowest BCUT2D eigenvalue weighted by Gasteiger charge is -2.36. The van der Waals surface area contributed by atoms with Gasteiger partial charge in [-0.15, -0.1) is 0 Å². The first-order valence-electron chi connectivity index (χ1n) is 7.83. The van der Waals surface area contributed by atoms with Crippen molar-refractivity contribution in [3.8, 4) is 0 Å². The molecule has 1 radical (unpaired) electrons. The van der Waals surface area contributed by atoms with Crippen molar-refractivity contribution >= 4 is 19.2 Å². The van der Waals surface area contributed by atoms with Gasteiger partial charge in [0.2, 0.25) is 0 Å². The van der Waals surface area contributed by atoms with Gasteiger partial charge in [-0.1, -0.05) is 91.8 Å². The highest BCUT2D eigenvalue weighted by molar-refractivity contribution is 6.86. The third kappa shape index (κ3) is 5.01. The van der Waals surface area contributed by atoms with Gasteiger partial charge in [0.25, 0.3) is 5.97 Å². The van der Waals surface area contributed by atoms with Crippen molar-refractivity contribution in [1.29, 1.82) is 0 Å². The minimum atomic E-state index is -2.70. The Labute approximate surface area is 139 Å². The SMILES string of the molecule is CC(C)(C)CC([Si](c1ccccc1)c1ccccc1)C(O)(O)O. The Balaban J connectivity index is 2.54. The lowest BCUT2D eigenvalue weighted by atomic mass is 9.89. The van der Waals surface area contributed by atoms with Gasteiger partial charge in [0.1, 0.15) is 8.80 Å². The molecule has 4 heteroatoms. The Kier molecular flexibility index (Phi) is 5.42. The van der Waals surface area contributed by atoms with Gasteiger partial charge in [0.05, 0.1) is 0 Å². The number of rotatable bonds is 5. The summed E-state index contributed by atoms with van der Waals surface area (Å²) in [4.78, 5) is 0. The second-order valence-electron chi connectivity index (χ2n) is 7.15. The summed E-state index contributed by atoms with van der Waals surface area (Å²) in [5.74, 6) is -2.70. The number of aliphatic hydroxyl groups is 3. The molecule has 0 amide bonds. The zero-order valence-electron chi connectivity index (χ0n) is 13.9. The van der Waals surface area contributed by atoms with Crippen LogP contribution in [0.25, 0.3) is 0 Å². The first-order valence-corrected chi connectivity index (χ1v) is 9.41. The van der Waals surface area contributed by atoms with Gasteiger partial charge < -0.3 is 15.3 Å². The molecule has 2 aromatic rings. The van der Waals surface area contributed by atoms with Crippen LogP contribution >= 0.6 is 0 Å². The third-order valence-electron chi connectivity index (χ3n) is 3.80. The van der Waals surface area contributed by atoms with Crippen molar-refractivity contribution in [1.82, 2.24) is 0 Å². The molecule has 0 saturated carbocycles. The normalized spacial score (nSPS) is 14.0. The highest BCUT2D eigenvalue weighted by atomic mass is 28.3. The first kappa shape index (κ1) is 17.9. The molecule has 0 fully saturated rings. The minimum Gasteiger partial charge on any atom is -0.344 e. The van der Waals surface area contributed by atoms with Crippen LogP contribution in [0.2, 0.25) is 5.54 Å². The van der Waals surface area contributed by atoms with Crippen molar-refractivity contribution in [3.05, 3.63) is 60.7 Å². The lowest BCUT2D eigenvalue weighted by molar-refractivity contribution is -0.316. The molecular formula is C19H25O3Si. The van der Waals surface area contributed by atoms with E-state index in [0.29, 0.717) is 6.42 Å². The molecule has 0 aromatic heterocycles. The van der Waals surface area contributed by atoms with Crippen molar-refractivity contribution in [2.24, 2.45) is 5.41 Å². The van der Waals surface area contributed by atoms with Gasteiger partial charge in [-0.2, -0.15) is 0 Å². The summed E-state index contributed by atoms with van der Waals surface area (Å²) in [6, 6.07) is 19.7. The molecule has 0 saturated heterocycles. The second-order valence-corrected chi connectivity index (χ2v) is 9.83. The Morgan fingerprint density at radius 2 is 1.17 bits per heavy atom. The Morgan fingerprint density at radius 3 is 1.48 bits per heavy atom. The molecule has 0 aliphatic carbocycles. The van der Waals surface area contributed by atoms with Crippen LogP contribution in [-0.2, 0) is 0 Å². The zero-order chi connectivity index (χ0) is 17.1. The van der Waals surface area contributed by atoms with Gasteiger partial charge in [0.15, 0.2) is 0 Å². The molecule has 23 heavy (non-hydrogen) atoms. The summed E-state index contributed by atoms with van der Waals surface area (Å²) in [6.45, 7) is 6.13. The zero-order valence-corrected chi connectivity index (χ0v) is 14.9. The molecule has 0 bridgehead atoms. The Morgan fingerprint density at radius 1 is 0.783 bits per heavy atom. The molecule has 3 N–H and O–H groups in total. The second kappa shape index (κ2) is 6.97. The molecule has 0 heterocycles. The lowest BCUT2D eigenvalue weighted by Crippen LogP contribution is -2.55. The van der Waals surface area contributed by atoms with Crippen LogP contribution in [-0.4, -0.2) is 30.1 Å². The summed E-state index contributed by atoms with van der Waals surface area (Å²) < 4.78 is 0. The van der Waals surface area contributed by atoms with E-state index >= 15 is 0 Å². The molecular weight excluding hydrogens is 304 g/mol. The van der Waals surface area contributed by atoms with Crippen LogP contribution in [0.1, 0.15) is 27.2 Å². The predicted octanol–water partition coefficient (Wildman–Crippen LogP) is 1.73. The van der Waals surface area contributed by atoms with Gasteiger partial charge in [-0.3, -0.25) is 0 Å². The van der Waals surface area contributed by atoms with Gasteiger partial charge in [0, 0.05) is 5.54 Å². The predicted molar refractivity (Wildman–Crippen MR) is 95.1 cm³/mol. The maximum absolute atomic E-state index is 10.1. The fraction of sp³-hybridized carbons (Fsp3) is 0.368. The molecule has 0 aliphatic rings. The highest BCUT2D eigenvalue weighted by Crippen LogP contribution is 2.35. The number of hydrogen-bond donors (Lipinski definition) is 3. The average molecular weight is 329 g/mol. The van der Waals surface area contributed by atoms with E-state index in [2.05, 4.69) is 0 Å². The smallest absolute Gasteiger partial charge is 0.276 e. The molecule has 0 spiro atoms. The van der Waals surface area contributed by atoms with Crippen LogP contribution in [0.4, 0.5) is 0 Å². The van der Waals surface area contributed by atoms with Crippen LogP contribution in [0, 0.1) is 5.41 Å². The van der Waals surface area contributed by atoms with Crippen molar-refractivity contribution < 1.29 is 15.3 Å². The quantitative estimate of drug-likeness (QED) is 0.578. The number of hydrogen-bond acceptors (Lipinski definition) is 3. The van der Waals surface area contributed by atoms with Crippen LogP contribution in [0.15, 0.2) is 60.7 Å². The van der Waals surface area contributed by atoms with Crippen LogP contribution < -0.4 is 10.4 Å². The monoisotopic (exact) mass is 329 g/mol. The van der Waals surface area contributed by atoms with Gasteiger partial charge in [-0.05, 0) is 11.8 Å². The van der Waals surface area contributed by atoms with Gasteiger partial charge >= 0.3 is 0 Å². The van der Waals surface area contributed by atoms with Crippen LogP contribution in [0.5, 0.6) is 0 Å². The summed E-state index contributed by atoms with van der Waals surface area (Å²) >= 11 is 0. The molecule has 123 valence electrons. The van der Waals surface area contributed by atoms with Crippen molar-refractivity contribution in [2.45, 2.75) is 38.7 Å². The minimum absolute atomic E-state index is 0.135. The average Bonchev–Trinajstić information content (AvgIpc) is 2.47. The highest BCUT2D eigenvalue weighted by Gasteiger charge is 2.43. The van der Waals surface area contributed by atoms with E-state index in [0.717, 1.165) is 10.4 Å². The van der Waals surface area contributed by atoms with E-state index in [4.69, 9.17) is 0 Å². The summed E-state index contributed by atoms with van der Waals surface area (Å²) in [5, 5.41) is 32.3. The van der Waals surface area contributed by atoms with E-state index in [9.17, 15) is 15.3 Å². The van der Waals surface area contributed by atoms with Crippen molar-refractivity contribution in [2.75, 3.05) is 0 Å². The largest absolute Gasteiger partial charge is 0.344 e. The summed E-state index contributed by atoms with van der Waals surface area (Å²) in [6.07, 6.45) is 0.509. The van der Waals surface area contributed by atoms with Crippen molar-refractivity contribution in [3.63, 3.8) is 0 Å². The first-order chi connectivity index (χ1) is 10.7. The molecule has 1 atom stereocenters. The van der Waals surface area contributed by atoms with E-state index in [1.165, 1.54) is 0 Å². The molecule has 1 unspecified atom stereocenters. The maximum atomic E-state index is 10.1. The molecule has 2 rings (SSSR count). The Hall–Kier alpha value is -1.46. The topological polar surface area (TPSA) is 60.7 Å². The third-order valence-corrected chi connectivity index (χ3v) is 7.00. The Bertz CT molecular complexity index is 561. The van der Waals surface area contributed by atoms with E-state index in [1.54, 1.807) is 0 Å². The molecule has 2 aromatic carbocycles. The standard InChI is InChI=1S/C19H25O3Si/c1-18(2,3)14-17(19(20,21)22)23(15-10-6-4-7-11-15)16-12-8-5-9-13-16/h4-13,17,20-22H,14H2,1-3H3. The maximum Gasteiger partial charge on any atom is 0.276 e. The van der Waals surface area contributed by atoms with E-state index < -0.39 is 20.3 Å². The summed E-state index contributed by atoms with van der Waals surface area (Å²) in [7, 11) is -1.58. The fourth-order valence-corrected chi connectivity index (χ4v) is 6.29.